The summed E-state index contributed by atoms with van der Waals surface area (Å²) in [6, 6.07) is 0. The van der Waals surface area contributed by atoms with Crippen LogP contribution in [0.25, 0.3) is 0 Å². The van der Waals surface area contributed by atoms with Gasteiger partial charge in [-0.3, -0.25) is 42.5 Å². The molecular formula is C32H55ClCoN8O2S. The molecule has 257 valence electrons. The van der Waals surface area contributed by atoms with Crippen LogP contribution in [0.15, 0.2) is 0 Å². The predicted octanol–water partition coefficient (Wildman–Crippen LogP) is 2.15. The van der Waals surface area contributed by atoms with Gasteiger partial charge in [0.2, 0.25) is 9.05 Å². The van der Waals surface area contributed by atoms with Crippen molar-refractivity contribution in [2.75, 3.05) is 0 Å². The first-order chi connectivity index (χ1) is 21.4. The molecular weight excluding hydrogens is 655 g/mol. The van der Waals surface area contributed by atoms with Gasteiger partial charge in [0.05, 0.1) is 54.6 Å². The van der Waals surface area contributed by atoms with E-state index in [-0.39, 0.29) is 65.6 Å². The van der Waals surface area contributed by atoms with Crippen molar-refractivity contribution < 1.29 is 25.2 Å². The van der Waals surface area contributed by atoms with E-state index in [1.807, 2.05) is 0 Å². The van der Waals surface area contributed by atoms with Crippen molar-refractivity contribution in [2.45, 2.75) is 151 Å². The van der Waals surface area contributed by atoms with Gasteiger partial charge in [0.25, 0.3) is 0 Å². The fourth-order valence-corrected chi connectivity index (χ4v) is 14.1. The second kappa shape index (κ2) is 13.0. The summed E-state index contributed by atoms with van der Waals surface area (Å²) in [6.45, 7) is 0. The number of rotatable bonds is 1. The van der Waals surface area contributed by atoms with E-state index in [2.05, 4.69) is 42.5 Å². The summed E-state index contributed by atoms with van der Waals surface area (Å²) < 4.78 is 26.1. The molecule has 5 aliphatic heterocycles. The van der Waals surface area contributed by atoms with Crippen LogP contribution < -0.4 is 42.5 Å². The maximum absolute atomic E-state index is 13.0. The SMILES string of the molecule is O=S(=O)(Cl)C1CCCC2C3NC4NC(NC5NC(NC6NC(NC(N3)C21)C1CCCCC61)C1CCCCC51)C1CCCCC41.[Co]. The number of nitrogens with one attached hydrogen (secondary N) is 8. The molecule has 17 unspecified atom stereocenters. The predicted molar refractivity (Wildman–Crippen MR) is 171 cm³/mol. The zero-order valence-electron chi connectivity index (χ0n) is 26.4. The summed E-state index contributed by atoms with van der Waals surface area (Å²) in [5, 5.41) is 32.2. The molecule has 10 nitrogen and oxygen atoms in total. The van der Waals surface area contributed by atoms with Gasteiger partial charge in [-0.05, 0) is 92.8 Å². The Morgan fingerprint density at radius 1 is 0.378 bits per heavy atom. The zero-order chi connectivity index (χ0) is 29.6. The minimum Gasteiger partial charge on any atom is -0.286 e. The van der Waals surface area contributed by atoms with Crippen LogP contribution in [-0.4, -0.2) is 63.0 Å². The van der Waals surface area contributed by atoms with Gasteiger partial charge in [0, 0.05) is 33.4 Å². The normalized spacial score (nSPS) is 54.3. The molecule has 5 saturated heterocycles. The van der Waals surface area contributed by atoms with Gasteiger partial charge < -0.3 is 0 Å². The first kappa shape index (κ1) is 32.6. The van der Waals surface area contributed by atoms with E-state index in [9.17, 15) is 8.42 Å². The van der Waals surface area contributed by atoms with Crippen LogP contribution in [0.4, 0.5) is 0 Å². The molecule has 45 heavy (non-hydrogen) atoms. The second-order valence-electron chi connectivity index (χ2n) is 16.2. The van der Waals surface area contributed by atoms with Crippen LogP contribution >= 0.6 is 10.7 Å². The van der Waals surface area contributed by atoms with Gasteiger partial charge in [-0.2, -0.15) is 0 Å². The molecule has 1 radical (unpaired) electrons. The monoisotopic (exact) mass is 709 g/mol. The van der Waals surface area contributed by atoms with Crippen molar-refractivity contribution in [1.82, 2.24) is 42.5 Å². The van der Waals surface area contributed by atoms with Crippen molar-refractivity contribution >= 4 is 19.7 Å². The van der Waals surface area contributed by atoms with Gasteiger partial charge in [0.1, 0.15) is 0 Å². The summed E-state index contributed by atoms with van der Waals surface area (Å²) in [5.74, 6) is 3.81. The third kappa shape index (κ3) is 5.80. The van der Waals surface area contributed by atoms with Gasteiger partial charge in [0.15, 0.2) is 0 Å². The molecule has 8 bridgehead atoms. The zero-order valence-corrected chi connectivity index (χ0v) is 29.0. The molecule has 0 aromatic heterocycles. The first-order valence-electron chi connectivity index (χ1n) is 18.4. The third-order valence-corrected chi connectivity index (χ3v) is 16.2. The first-order valence-corrected chi connectivity index (χ1v) is 20.8. The number of halogens is 1. The summed E-state index contributed by atoms with van der Waals surface area (Å²) in [4.78, 5) is 0. The Kier molecular flexibility index (Phi) is 9.39. The maximum atomic E-state index is 13.0. The smallest absolute Gasteiger partial charge is 0.235 e. The molecule has 5 heterocycles. The quantitative estimate of drug-likeness (QED) is 0.192. The molecule has 0 amide bonds. The van der Waals surface area contributed by atoms with Crippen LogP contribution in [0.5, 0.6) is 0 Å². The summed E-state index contributed by atoms with van der Waals surface area (Å²) in [5.41, 5.74) is 0. The maximum Gasteiger partial charge on any atom is 0.235 e. The number of hydrogen-bond acceptors (Lipinski definition) is 10. The Bertz CT molecular complexity index is 1190. The van der Waals surface area contributed by atoms with Crippen molar-refractivity contribution in [2.24, 2.45) is 47.3 Å². The Morgan fingerprint density at radius 3 is 0.956 bits per heavy atom. The minimum atomic E-state index is -3.68. The van der Waals surface area contributed by atoms with E-state index in [0.717, 1.165) is 12.8 Å². The topological polar surface area (TPSA) is 130 Å². The van der Waals surface area contributed by atoms with Crippen LogP contribution in [0, 0.1) is 47.3 Å². The Hall–Kier alpha value is 0.426. The average Bonchev–Trinajstić information content (AvgIpc) is 3.76. The molecule has 17 atom stereocenters. The molecule has 0 aromatic rings. The van der Waals surface area contributed by atoms with Crippen molar-refractivity contribution in [3.63, 3.8) is 0 Å². The Balaban J connectivity index is 0.00000300. The van der Waals surface area contributed by atoms with Crippen LogP contribution in [0.1, 0.15) is 96.3 Å². The van der Waals surface area contributed by atoms with E-state index in [1.165, 1.54) is 77.0 Å². The minimum absolute atomic E-state index is 0. The van der Waals surface area contributed by atoms with Crippen molar-refractivity contribution in [3.05, 3.63) is 0 Å². The molecule has 9 aliphatic rings. The van der Waals surface area contributed by atoms with Gasteiger partial charge >= 0.3 is 0 Å². The van der Waals surface area contributed by atoms with E-state index < -0.39 is 14.3 Å². The van der Waals surface area contributed by atoms with Crippen LogP contribution in [0.3, 0.4) is 0 Å². The van der Waals surface area contributed by atoms with Crippen molar-refractivity contribution in [3.8, 4) is 0 Å². The molecule has 13 heteroatoms. The average molecular weight is 710 g/mol. The third-order valence-electron chi connectivity index (χ3n) is 14.2. The van der Waals surface area contributed by atoms with E-state index in [1.54, 1.807) is 0 Å². The standard InChI is InChI=1S/C32H55ClN8O2S.Co/c33-44(42,43)23-15-7-14-22-24(23)32-40-30-21-13-6-5-12-20(21)28(38-30)36-26-17-9-2-1-8-16(17)25(34-26)35-27-18-10-3-4-11-19(18)29(37-27)39-31(22)41-32;/h16-32,34-41H,1-15H2;. The summed E-state index contributed by atoms with van der Waals surface area (Å²) >= 11 is 0. The molecule has 4 aliphatic carbocycles. The summed E-state index contributed by atoms with van der Waals surface area (Å²) in [7, 11) is 2.54. The number of hydrogen-bond donors (Lipinski definition) is 8. The summed E-state index contributed by atoms with van der Waals surface area (Å²) in [6.07, 6.45) is 19.6. The molecule has 9 fully saturated rings. The molecule has 0 spiro atoms. The van der Waals surface area contributed by atoms with E-state index >= 15 is 0 Å². The van der Waals surface area contributed by atoms with Gasteiger partial charge in [-0.15, -0.1) is 0 Å². The largest absolute Gasteiger partial charge is 0.286 e. The van der Waals surface area contributed by atoms with Gasteiger partial charge in [-0.1, -0.05) is 44.9 Å². The second-order valence-corrected chi connectivity index (χ2v) is 19.0. The fourth-order valence-electron chi connectivity index (χ4n) is 12.3. The van der Waals surface area contributed by atoms with Gasteiger partial charge in [-0.25, -0.2) is 8.42 Å². The molecule has 4 saturated carbocycles. The molecule has 8 N–H and O–H groups in total. The van der Waals surface area contributed by atoms with Crippen LogP contribution in [0.2, 0.25) is 0 Å². The van der Waals surface area contributed by atoms with Crippen molar-refractivity contribution in [1.29, 1.82) is 0 Å². The molecule has 0 aromatic carbocycles. The Morgan fingerprint density at radius 2 is 0.644 bits per heavy atom. The van der Waals surface area contributed by atoms with E-state index in [0.29, 0.717) is 54.3 Å². The Labute approximate surface area is 284 Å². The number of fused-ring (bicyclic) bond motifs is 20. The van der Waals surface area contributed by atoms with E-state index in [4.69, 9.17) is 10.7 Å². The molecule has 9 rings (SSSR count). The van der Waals surface area contributed by atoms with Crippen LogP contribution in [-0.2, 0) is 25.8 Å². The fraction of sp³-hybridized carbons (Fsp3) is 1.00.